The molecule has 0 aliphatic carbocycles. The monoisotopic (exact) mass is 358 g/mol. The Morgan fingerprint density at radius 2 is 1.88 bits per heavy atom. The molecule has 1 heterocycles. The summed E-state index contributed by atoms with van der Waals surface area (Å²) in [6, 6.07) is 13.5. The first kappa shape index (κ1) is 17.3. The van der Waals surface area contributed by atoms with Gasteiger partial charge < -0.3 is 14.5 Å². The highest BCUT2D eigenvalue weighted by atomic mass is 35.5. The second kappa shape index (κ2) is 7.15. The van der Waals surface area contributed by atoms with Crippen molar-refractivity contribution in [3.63, 3.8) is 0 Å². The number of benzene rings is 2. The number of methoxy groups -OCH3 is 1. The van der Waals surface area contributed by atoms with E-state index in [1.807, 2.05) is 24.3 Å². The summed E-state index contributed by atoms with van der Waals surface area (Å²) in [5.74, 6) is 0.419. The molecule has 2 amide bonds. The largest absolute Gasteiger partial charge is 0.497 e. The average molecular weight is 359 g/mol. The molecule has 0 saturated carbocycles. The number of carbonyl (C=O) groups is 2. The van der Waals surface area contributed by atoms with Gasteiger partial charge in [-0.25, -0.2) is 0 Å². The zero-order valence-electron chi connectivity index (χ0n) is 14.1. The lowest BCUT2D eigenvalue weighted by atomic mass is 10.1. The van der Waals surface area contributed by atoms with Gasteiger partial charge in [-0.2, -0.15) is 0 Å². The normalized spacial score (nSPS) is 17.6. The molecule has 0 radical (unpaired) electrons. The van der Waals surface area contributed by atoms with Crippen LogP contribution >= 0.6 is 11.6 Å². The van der Waals surface area contributed by atoms with E-state index in [4.69, 9.17) is 16.3 Å². The minimum atomic E-state index is -0.539. The van der Waals surface area contributed by atoms with Crippen LogP contribution in [0.25, 0.3) is 0 Å². The molecule has 1 atom stereocenters. The van der Waals surface area contributed by atoms with Crippen LogP contribution in [0.2, 0.25) is 5.02 Å². The van der Waals surface area contributed by atoms with Gasteiger partial charge in [0.2, 0.25) is 5.91 Å². The summed E-state index contributed by atoms with van der Waals surface area (Å²) in [5, 5.41) is 0.573. The highest BCUT2D eigenvalue weighted by Gasteiger charge is 2.35. The molecule has 0 spiro atoms. The van der Waals surface area contributed by atoms with E-state index in [9.17, 15) is 9.59 Å². The molecule has 1 saturated heterocycles. The third-order valence-corrected chi connectivity index (χ3v) is 4.62. The summed E-state index contributed by atoms with van der Waals surface area (Å²) in [7, 11) is 1.59. The predicted octanol–water partition coefficient (Wildman–Crippen LogP) is 3.23. The maximum atomic E-state index is 12.8. The van der Waals surface area contributed by atoms with Crippen molar-refractivity contribution in [2.75, 3.05) is 25.1 Å². The second-order valence-electron chi connectivity index (χ2n) is 5.87. The van der Waals surface area contributed by atoms with Crippen molar-refractivity contribution in [1.82, 2.24) is 4.90 Å². The SMILES string of the molecule is COc1cccc(N2CCN(C(=O)c3ccc(Cl)cc3)[C@@H](C)C2=O)c1. The van der Waals surface area contributed by atoms with Crippen LogP contribution in [0.15, 0.2) is 48.5 Å². The zero-order valence-corrected chi connectivity index (χ0v) is 14.9. The Morgan fingerprint density at radius 3 is 2.56 bits per heavy atom. The van der Waals surface area contributed by atoms with E-state index in [0.717, 1.165) is 5.69 Å². The second-order valence-corrected chi connectivity index (χ2v) is 6.31. The van der Waals surface area contributed by atoms with Crippen molar-refractivity contribution in [3.8, 4) is 5.75 Å². The maximum Gasteiger partial charge on any atom is 0.254 e. The number of piperazine rings is 1. The molecule has 0 bridgehead atoms. The zero-order chi connectivity index (χ0) is 18.0. The molecule has 25 heavy (non-hydrogen) atoms. The Balaban J connectivity index is 1.79. The lowest BCUT2D eigenvalue weighted by Crippen LogP contribution is -2.57. The third-order valence-electron chi connectivity index (χ3n) is 4.37. The van der Waals surface area contributed by atoms with Crippen LogP contribution in [-0.4, -0.2) is 43.0 Å². The van der Waals surface area contributed by atoms with E-state index in [0.29, 0.717) is 29.4 Å². The molecule has 2 aromatic rings. The minimum Gasteiger partial charge on any atom is -0.497 e. The molecule has 1 aliphatic heterocycles. The summed E-state index contributed by atoms with van der Waals surface area (Å²) in [6.45, 7) is 2.66. The van der Waals surface area contributed by atoms with Gasteiger partial charge in [0.15, 0.2) is 0 Å². The number of ether oxygens (including phenoxy) is 1. The molecule has 1 fully saturated rings. The van der Waals surface area contributed by atoms with Crippen molar-refractivity contribution < 1.29 is 14.3 Å². The molecular weight excluding hydrogens is 340 g/mol. The van der Waals surface area contributed by atoms with Crippen LogP contribution in [0.5, 0.6) is 5.75 Å². The quantitative estimate of drug-likeness (QED) is 0.846. The molecule has 5 nitrogen and oxygen atoms in total. The highest BCUT2D eigenvalue weighted by Crippen LogP contribution is 2.25. The average Bonchev–Trinajstić information content (AvgIpc) is 2.64. The lowest BCUT2D eigenvalue weighted by Gasteiger charge is -2.39. The lowest BCUT2D eigenvalue weighted by molar-refractivity contribution is -0.124. The number of rotatable bonds is 3. The Bertz CT molecular complexity index is 792. The molecule has 0 aromatic heterocycles. The van der Waals surface area contributed by atoms with Crippen LogP contribution in [0, 0.1) is 0 Å². The van der Waals surface area contributed by atoms with Gasteiger partial charge in [-0.3, -0.25) is 9.59 Å². The van der Waals surface area contributed by atoms with Gasteiger partial charge in [0, 0.05) is 35.4 Å². The first-order valence-corrected chi connectivity index (χ1v) is 8.41. The van der Waals surface area contributed by atoms with Crippen LogP contribution in [0.4, 0.5) is 5.69 Å². The molecule has 1 aliphatic rings. The minimum absolute atomic E-state index is 0.109. The molecular formula is C19H19ClN2O3. The van der Waals surface area contributed by atoms with Gasteiger partial charge in [-0.05, 0) is 43.3 Å². The summed E-state index contributed by atoms with van der Waals surface area (Å²) >= 11 is 5.87. The van der Waals surface area contributed by atoms with E-state index in [1.54, 1.807) is 48.1 Å². The predicted molar refractivity (Wildman–Crippen MR) is 97.3 cm³/mol. The van der Waals surface area contributed by atoms with Crippen molar-refractivity contribution >= 4 is 29.1 Å². The van der Waals surface area contributed by atoms with Gasteiger partial charge in [-0.15, -0.1) is 0 Å². The van der Waals surface area contributed by atoms with E-state index in [-0.39, 0.29) is 11.8 Å². The van der Waals surface area contributed by atoms with E-state index in [2.05, 4.69) is 0 Å². The van der Waals surface area contributed by atoms with Crippen molar-refractivity contribution in [1.29, 1.82) is 0 Å². The van der Waals surface area contributed by atoms with Crippen molar-refractivity contribution in [2.24, 2.45) is 0 Å². The molecule has 0 N–H and O–H groups in total. The fraction of sp³-hybridized carbons (Fsp3) is 0.263. The number of carbonyl (C=O) groups excluding carboxylic acids is 2. The number of hydrogen-bond acceptors (Lipinski definition) is 3. The number of halogens is 1. The van der Waals surface area contributed by atoms with Gasteiger partial charge in [0.05, 0.1) is 7.11 Å². The fourth-order valence-electron chi connectivity index (χ4n) is 2.94. The van der Waals surface area contributed by atoms with Gasteiger partial charge in [-0.1, -0.05) is 17.7 Å². The fourth-order valence-corrected chi connectivity index (χ4v) is 3.07. The number of nitrogens with zero attached hydrogens (tertiary/aromatic N) is 2. The van der Waals surface area contributed by atoms with Gasteiger partial charge in [0.1, 0.15) is 11.8 Å². The van der Waals surface area contributed by atoms with Crippen LogP contribution < -0.4 is 9.64 Å². The molecule has 6 heteroatoms. The summed E-state index contributed by atoms with van der Waals surface area (Å²) < 4.78 is 5.22. The smallest absolute Gasteiger partial charge is 0.254 e. The molecule has 130 valence electrons. The molecule has 3 rings (SSSR count). The number of anilines is 1. The number of hydrogen-bond donors (Lipinski definition) is 0. The van der Waals surface area contributed by atoms with E-state index < -0.39 is 6.04 Å². The topological polar surface area (TPSA) is 49.9 Å². The van der Waals surface area contributed by atoms with Gasteiger partial charge >= 0.3 is 0 Å². The highest BCUT2D eigenvalue weighted by molar-refractivity contribution is 6.30. The third kappa shape index (κ3) is 3.46. The summed E-state index contributed by atoms with van der Waals surface area (Å²) in [6.07, 6.45) is 0. The maximum absolute atomic E-state index is 12.8. The Labute approximate surface area is 151 Å². The van der Waals surface area contributed by atoms with Crippen LogP contribution in [-0.2, 0) is 4.79 Å². The first-order valence-electron chi connectivity index (χ1n) is 8.03. The Morgan fingerprint density at radius 1 is 1.16 bits per heavy atom. The molecule has 2 aromatic carbocycles. The Hall–Kier alpha value is -2.53. The van der Waals surface area contributed by atoms with E-state index >= 15 is 0 Å². The summed E-state index contributed by atoms with van der Waals surface area (Å²) in [4.78, 5) is 28.8. The molecule has 0 unspecified atom stereocenters. The van der Waals surface area contributed by atoms with Crippen LogP contribution in [0.1, 0.15) is 17.3 Å². The van der Waals surface area contributed by atoms with Crippen molar-refractivity contribution in [3.05, 3.63) is 59.1 Å². The standard InChI is InChI=1S/C19H19ClN2O3/c1-13-18(23)22(16-4-3-5-17(12-16)25-2)11-10-21(13)19(24)14-6-8-15(20)9-7-14/h3-9,12-13H,10-11H2,1-2H3/t13-/m0/s1. The first-order chi connectivity index (χ1) is 12.0. The number of amides is 2. The van der Waals surface area contributed by atoms with Crippen molar-refractivity contribution in [2.45, 2.75) is 13.0 Å². The van der Waals surface area contributed by atoms with Gasteiger partial charge in [0.25, 0.3) is 5.91 Å². The summed E-state index contributed by atoms with van der Waals surface area (Å²) in [5.41, 5.74) is 1.30. The van der Waals surface area contributed by atoms with E-state index in [1.165, 1.54) is 0 Å². The Kier molecular flexibility index (Phi) is 4.95. The van der Waals surface area contributed by atoms with Crippen LogP contribution in [0.3, 0.4) is 0 Å².